The number of rotatable bonds is 5. The lowest BCUT2D eigenvalue weighted by Crippen LogP contribution is -2.12. The third kappa shape index (κ3) is 3.67. The molecule has 2 aromatic carbocycles. The molecule has 3 aromatic rings. The molecule has 1 radical (unpaired) electrons. The summed E-state index contributed by atoms with van der Waals surface area (Å²) >= 11 is 6.75. The van der Waals surface area contributed by atoms with Crippen molar-refractivity contribution in [2.45, 2.75) is 22.2 Å². The van der Waals surface area contributed by atoms with E-state index >= 15 is 0 Å². The molecule has 0 saturated carbocycles. The third-order valence-corrected chi connectivity index (χ3v) is 7.02. The normalized spacial score (nSPS) is 12.8. The molecule has 0 spiro atoms. The molecule has 0 unspecified atom stereocenters. The first-order chi connectivity index (χ1) is 12.7. The maximum absolute atomic E-state index is 14.6. The maximum Gasteiger partial charge on any atom is 0.236 e. The fourth-order valence-electron chi connectivity index (χ4n) is 2.48. The van der Waals surface area contributed by atoms with Crippen molar-refractivity contribution in [1.29, 1.82) is 0 Å². The molecule has 4 nitrogen and oxygen atoms in total. The zero-order valence-electron chi connectivity index (χ0n) is 13.6. The zero-order chi connectivity index (χ0) is 19.8. The van der Waals surface area contributed by atoms with Crippen LogP contribution in [0.2, 0.25) is 5.02 Å². The second kappa shape index (κ2) is 7.49. The van der Waals surface area contributed by atoms with Gasteiger partial charge in [0.1, 0.15) is 27.7 Å². The summed E-state index contributed by atoms with van der Waals surface area (Å²) in [6, 6.07) is 4.77. The van der Waals surface area contributed by atoms with Crippen LogP contribution in [-0.2, 0) is 9.84 Å². The van der Waals surface area contributed by atoms with Crippen LogP contribution in [0.5, 0.6) is 0 Å². The summed E-state index contributed by atoms with van der Waals surface area (Å²) in [5.41, 5.74) is -0.252. The smallest absolute Gasteiger partial charge is 0.236 e. The van der Waals surface area contributed by atoms with E-state index in [0.29, 0.717) is 0 Å². The molecule has 27 heavy (non-hydrogen) atoms. The van der Waals surface area contributed by atoms with Gasteiger partial charge in [-0.05, 0) is 31.2 Å². The van der Waals surface area contributed by atoms with Gasteiger partial charge in [0.05, 0.1) is 11.7 Å². The Hall–Kier alpha value is -2.10. The highest BCUT2D eigenvalue weighted by Crippen LogP contribution is 2.35. The van der Waals surface area contributed by atoms with Gasteiger partial charge in [-0.1, -0.05) is 17.7 Å². The fraction of sp³-hybridized carbons (Fsp3) is 0.118. The van der Waals surface area contributed by atoms with Crippen molar-refractivity contribution < 1.29 is 21.6 Å². The summed E-state index contributed by atoms with van der Waals surface area (Å²) < 4.78 is 66.9. The van der Waals surface area contributed by atoms with Crippen molar-refractivity contribution >= 4 is 38.5 Å². The van der Waals surface area contributed by atoms with Crippen LogP contribution in [0.4, 0.5) is 18.9 Å². The van der Waals surface area contributed by atoms with Crippen LogP contribution in [0.25, 0.3) is 0 Å². The van der Waals surface area contributed by atoms with Crippen LogP contribution in [0, 0.1) is 23.6 Å². The average molecular weight is 432 g/mol. The van der Waals surface area contributed by atoms with E-state index in [1.54, 1.807) is 0 Å². The minimum Gasteiger partial charge on any atom is -0.377 e. The second-order valence-electron chi connectivity index (χ2n) is 5.49. The molecule has 1 aromatic heterocycles. The van der Waals surface area contributed by atoms with E-state index < -0.39 is 43.2 Å². The molecule has 0 amide bonds. The quantitative estimate of drug-likeness (QED) is 0.616. The molecule has 0 fully saturated rings. The van der Waals surface area contributed by atoms with E-state index in [9.17, 15) is 21.6 Å². The number of nitrogens with one attached hydrogen (secondary N) is 1. The Morgan fingerprint density at radius 3 is 2.44 bits per heavy atom. The summed E-state index contributed by atoms with van der Waals surface area (Å²) in [7, 11) is -4.19. The molecule has 0 saturated heterocycles. The SMILES string of the molecule is C[C@H](Nc1ccc(S(=O)(=O)c2n[c]cs2)c(F)c1Cl)c1c(F)cccc1F. The van der Waals surface area contributed by atoms with Gasteiger partial charge in [-0.25, -0.2) is 26.6 Å². The van der Waals surface area contributed by atoms with Crippen molar-refractivity contribution in [1.82, 2.24) is 4.98 Å². The van der Waals surface area contributed by atoms with Crippen molar-refractivity contribution in [3.05, 3.63) is 69.9 Å². The first kappa shape index (κ1) is 19.7. The minimum absolute atomic E-state index is 0.00558. The van der Waals surface area contributed by atoms with Crippen molar-refractivity contribution in [3.8, 4) is 0 Å². The maximum atomic E-state index is 14.6. The lowest BCUT2D eigenvalue weighted by atomic mass is 10.1. The number of nitrogens with zero attached hydrogens (tertiary/aromatic N) is 1. The molecular weight excluding hydrogens is 421 g/mol. The first-order valence-electron chi connectivity index (χ1n) is 7.48. The minimum atomic E-state index is -4.19. The number of anilines is 1. The van der Waals surface area contributed by atoms with Crippen LogP contribution < -0.4 is 5.32 Å². The summed E-state index contributed by atoms with van der Waals surface area (Å²) in [6.45, 7) is 1.46. The molecule has 1 heterocycles. The number of benzene rings is 2. The van der Waals surface area contributed by atoms with Crippen LogP contribution in [0.15, 0.2) is 44.9 Å². The largest absolute Gasteiger partial charge is 0.377 e. The topological polar surface area (TPSA) is 59.1 Å². The number of aromatic nitrogens is 1. The summed E-state index contributed by atoms with van der Waals surface area (Å²) in [6.07, 6.45) is 2.36. The van der Waals surface area contributed by atoms with Gasteiger partial charge in [-0.2, -0.15) is 0 Å². The van der Waals surface area contributed by atoms with E-state index in [1.165, 1.54) is 24.4 Å². The van der Waals surface area contributed by atoms with E-state index in [2.05, 4.69) is 16.5 Å². The van der Waals surface area contributed by atoms with Crippen molar-refractivity contribution in [3.63, 3.8) is 0 Å². The number of halogens is 4. The lowest BCUT2D eigenvalue weighted by Gasteiger charge is -2.19. The lowest BCUT2D eigenvalue weighted by molar-refractivity contribution is 0.544. The number of hydrogen-bond donors (Lipinski definition) is 1. The van der Waals surface area contributed by atoms with Crippen molar-refractivity contribution in [2.24, 2.45) is 0 Å². The van der Waals surface area contributed by atoms with Crippen LogP contribution in [-0.4, -0.2) is 13.4 Å². The molecule has 10 heteroatoms. The van der Waals surface area contributed by atoms with E-state index in [-0.39, 0.29) is 15.6 Å². The predicted molar refractivity (Wildman–Crippen MR) is 96.2 cm³/mol. The summed E-state index contributed by atoms with van der Waals surface area (Å²) in [4.78, 5) is 2.91. The van der Waals surface area contributed by atoms with Gasteiger partial charge in [-0.15, -0.1) is 11.3 Å². The average Bonchev–Trinajstić information content (AvgIpc) is 3.14. The predicted octanol–water partition coefficient (Wildman–Crippen LogP) is 5.02. The molecule has 1 N–H and O–H groups in total. The molecule has 3 rings (SSSR count). The Kier molecular flexibility index (Phi) is 5.45. The van der Waals surface area contributed by atoms with Crippen LogP contribution in [0.3, 0.4) is 0 Å². The van der Waals surface area contributed by atoms with Gasteiger partial charge in [0.2, 0.25) is 14.2 Å². The number of hydrogen-bond acceptors (Lipinski definition) is 5. The molecule has 1 atom stereocenters. The van der Waals surface area contributed by atoms with Gasteiger partial charge in [0.15, 0.2) is 5.82 Å². The third-order valence-electron chi connectivity index (χ3n) is 3.74. The number of thiazole rings is 1. The molecular formula is C17H11ClF3N2O2S2. The fourth-order valence-corrected chi connectivity index (χ4v) is 4.93. The standard InChI is InChI=1S/C17H11ClF3N2O2S2/c1-9(14-10(19)3-2-4-11(14)20)23-12-5-6-13(16(21)15(12)18)27(24,25)17-22-7-8-26-17/h2-6,8-9,23H,1H3/t9-/m0/s1. The van der Waals surface area contributed by atoms with Crippen LogP contribution in [0.1, 0.15) is 18.5 Å². The molecule has 0 aliphatic heterocycles. The summed E-state index contributed by atoms with van der Waals surface area (Å²) in [5.74, 6) is -2.73. The first-order valence-corrected chi connectivity index (χ1v) is 10.2. The van der Waals surface area contributed by atoms with E-state index in [0.717, 1.165) is 29.5 Å². The monoisotopic (exact) mass is 431 g/mol. The van der Waals surface area contributed by atoms with Crippen molar-refractivity contribution in [2.75, 3.05) is 5.32 Å². The number of sulfone groups is 1. The van der Waals surface area contributed by atoms with Gasteiger partial charge in [0.25, 0.3) is 0 Å². The second-order valence-corrected chi connectivity index (χ2v) is 8.81. The molecule has 0 aliphatic carbocycles. The summed E-state index contributed by atoms with van der Waals surface area (Å²) in [5, 5.41) is 3.51. The van der Waals surface area contributed by atoms with E-state index in [1.807, 2.05) is 0 Å². The molecule has 0 bridgehead atoms. The zero-order valence-corrected chi connectivity index (χ0v) is 16.0. The van der Waals surface area contributed by atoms with E-state index in [4.69, 9.17) is 11.6 Å². The van der Waals surface area contributed by atoms with Gasteiger partial charge >= 0.3 is 0 Å². The van der Waals surface area contributed by atoms with Gasteiger partial charge in [0, 0.05) is 10.9 Å². The highest BCUT2D eigenvalue weighted by atomic mass is 35.5. The highest BCUT2D eigenvalue weighted by Gasteiger charge is 2.27. The molecule has 0 aliphatic rings. The Morgan fingerprint density at radius 2 is 1.85 bits per heavy atom. The Morgan fingerprint density at radius 1 is 1.19 bits per heavy atom. The molecule has 141 valence electrons. The Bertz CT molecular complexity index is 1070. The van der Waals surface area contributed by atoms with Gasteiger partial charge in [-0.3, -0.25) is 0 Å². The Labute approximate surface area is 162 Å². The van der Waals surface area contributed by atoms with Crippen LogP contribution >= 0.6 is 22.9 Å². The van der Waals surface area contributed by atoms with Gasteiger partial charge < -0.3 is 5.32 Å². The Balaban J connectivity index is 1.97. The highest BCUT2D eigenvalue weighted by molar-refractivity contribution is 7.93.